The third-order valence-corrected chi connectivity index (χ3v) is 10.1. The molecule has 0 amide bonds. The van der Waals surface area contributed by atoms with Gasteiger partial charge in [0.2, 0.25) is 0 Å². The molecule has 46 heavy (non-hydrogen) atoms. The number of fused-ring (bicyclic) bond motifs is 6. The van der Waals surface area contributed by atoms with E-state index in [1.165, 1.54) is 20.2 Å². The normalized spacial score (nSPS) is 11.5. The lowest BCUT2D eigenvalue weighted by atomic mass is 9.85. The molecule has 0 fully saturated rings. The molecule has 0 radical (unpaired) electrons. The van der Waals surface area contributed by atoms with Gasteiger partial charge in [-0.2, -0.15) is 5.26 Å². The third-order valence-electron chi connectivity index (χ3n) is 8.90. The highest BCUT2D eigenvalue weighted by atomic mass is 32.1. The van der Waals surface area contributed by atoms with Crippen molar-refractivity contribution >= 4 is 53.4 Å². The second-order valence-corrected chi connectivity index (χ2v) is 12.7. The summed E-state index contributed by atoms with van der Waals surface area (Å²) in [5.74, 6) is 0. The van der Waals surface area contributed by atoms with Crippen LogP contribution in [0.15, 0.2) is 156 Å². The molecule has 7 aromatic carbocycles. The van der Waals surface area contributed by atoms with Crippen molar-refractivity contribution in [1.29, 1.82) is 5.26 Å². The summed E-state index contributed by atoms with van der Waals surface area (Å²) in [6, 6.07) is 55.6. The minimum absolute atomic E-state index is 0.629. The molecular formula is C43H25NOS. The Morgan fingerprint density at radius 1 is 0.435 bits per heavy atom. The molecule has 0 bridgehead atoms. The minimum Gasteiger partial charge on any atom is -0.456 e. The number of furan rings is 1. The Morgan fingerprint density at radius 2 is 1.11 bits per heavy atom. The molecule has 0 aliphatic rings. The summed E-state index contributed by atoms with van der Waals surface area (Å²) >= 11 is 1.83. The zero-order valence-corrected chi connectivity index (χ0v) is 25.5. The number of hydrogen-bond donors (Lipinski definition) is 0. The highest BCUT2D eigenvalue weighted by Crippen LogP contribution is 2.44. The zero-order valence-electron chi connectivity index (χ0n) is 24.7. The van der Waals surface area contributed by atoms with Gasteiger partial charge < -0.3 is 4.42 Å². The Bertz CT molecular complexity index is 2650. The third kappa shape index (κ3) is 4.31. The Kier molecular flexibility index (Phi) is 6.09. The first-order valence-electron chi connectivity index (χ1n) is 15.3. The molecule has 0 spiro atoms. The van der Waals surface area contributed by atoms with Crippen LogP contribution < -0.4 is 0 Å². The number of thiophene rings is 1. The van der Waals surface area contributed by atoms with E-state index in [-0.39, 0.29) is 0 Å². The van der Waals surface area contributed by atoms with E-state index in [9.17, 15) is 5.26 Å². The van der Waals surface area contributed by atoms with Crippen LogP contribution in [0, 0.1) is 11.3 Å². The molecule has 0 aliphatic carbocycles. The van der Waals surface area contributed by atoms with Crippen LogP contribution in [-0.4, -0.2) is 0 Å². The molecule has 9 aromatic rings. The van der Waals surface area contributed by atoms with Crippen LogP contribution >= 0.6 is 11.3 Å². The zero-order chi connectivity index (χ0) is 30.6. The Hall–Kier alpha value is -5.95. The molecule has 0 saturated heterocycles. The topological polar surface area (TPSA) is 36.9 Å². The highest BCUT2D eigenvalue weighted by Gasteiger charge is 2.18. The average Bonchev–Trinajstić information content (AvgIpc) is 3.69. The summed E-state index contributed by atoms with van der Waals surface area (Å²) in [5, 5.41) is 14.9. The summed E-state index contributed by atoms with van der Waals surface area (Å²) in [6.07, 6.45) is 0. The van der Waals surface area contributed by atoms with E-state index < -0.39 is 0 Å². The fraction of sp³-hybridized carbons (Fsp3) is 0. The summed E-state index contributed by atoms with van der Waals surface area (Å²) in [4.78, 5) is 0. The Labute approximate surface area is 270 Å². The first-order chi connectivity index (χ1) is 22.7. The van der Waals surface area contributed by atoms with E-state index in [0.29, 0.717) is 5.56 Å². The monoisotopic (exact) mass is 603 g/mol. The van der Waals surface area contributed by atoms with Crippen molar-refractivity contribution in [2.24, 2.45) is 0 Å². The molecule has 214 valence electrons. The lowest BCUT2D eigenvalue weighted by Gasteiger charge is -2.18. The molecule has 2 nitrogen and oxygen atoms in total. The van der Waals surface area contributed by atoms with Crippen molar-refractivity contribution in [3.8, 4) is 50.6 Å². The van der Waals surface area contributed by atoms with Gasteiger partial charge in [0, 0.05) is 30.9 Å². The standard InChI is InChI=1S/C43H25NOS/c44-26-27-21-31(28-9-2-1-3-10-28)23-32(22-27)43-33(29-18-20-42-38(24-29)37-12-5-7-16-41(37)46-42)13-8-14-34(43)30-17-19-36-35-11-4-6-15-39(35)45-40(36)25-30/h1-25H. The van der Waals surface area contributed by atoms with Gasteiger partial charge in [0.1, 0.15) is 11.2 Å². The highest BCUT2D eigenvalue weighted by molar-refractivity contribution is 7.25. The van der Waals surface area contributed by atoms with E-state index >= 15 is 0 Å². The summed E-state index contributed by atoms with van der Waals surface area (Å²) in [5.41, 5.74) is 11.0. The number of benzene rings is 7. The molecule has 2 aromatic heterocycles. The Morgan fingerprint density at radius 3 is 1.96 bits per heavy atom. The molecular weight excluding hydrogens is 579 g/mol. The lowest BCUT2D eigenvalue weighted by molar-refractivity contribution is 0.669. The maximum atomic E-state index is 10.2. The quantitative estimate of drug-likeness (QED) is 0.201. The number of nitriles is 1. The predicted octanol–water partition coefficient (Wildman–Crippen LogP) is 12.5. The summed E-state index contributed by atoms with van der Waals surface area (Å²) < 4.78 is 8.89. The molecule has 3 heteroatoms. The SMILES string of the molecule is N#Cc1cc(-c2ccccc2)cc(-c2c(-c3ccc4c(c3)oc3ccccc34)cccc2-c2ccc3sc4ccccc4c3c2)c1. The first kappa shape index (κ1) is 26.5. The van der Waals surface area contributed by atoms with Crippen LogP contribution in [0.5, 0.6) is 0 Å². The van der Waals surface area contributed by atoms with E-state index in [1.807, 2.05) is 59.9 Å². The summed E-state index contributed by atoms with van der Waals surface area (Å²) in [6.45, 7) is 0. The number of nitrogens with zero attached hydrogens (tertiary/aromatic N) is 1. The second-order valence-electron chi connectivity index (χ2n) is 11.6. The largest absolute Gasteiger partial charge is 0.456 e. The van der Waals surface area contributed by atoms with Crippen molar-refractivity contribution in [2.45, 2.75) is 0 Å². The molecule has 0 unspecified atom stereocenters. The molecule has 0 N–H and O–H groups in total. The number of hydrogen-bond acceptors (Lipinski definition) is 3. The number of rotatable bonds is 4. The molecule has 0 atom stereocenters. The molecule has 0 saturated carbocycles. The average molecular weight is 604 g/mol. The van der Waals surface area contributed by atoms with Gasteiger partial charge in [-0.15, -0.1) is 11.3 Å². The van der Waals surface area contributed by atoms with Crippen molar-refractivity contribution in [2.75, 3.05) is 0 Å². The number of para-hydroxylation sites is 1. The van der Waals surface area contributed by atoms with E-state index in [0.717, 1.165) is 66.4 Å². The minimum atomic E-state index is 0.629. The van der Waals surface area contributed by atoms with Gasteiger partial charge in [-0.3, -0.25) is 0 Å². The van der Waals surface area contributed by atoms with Crippen LogP contribution in [0.4, 0.5) is 0 Å². The van der Waals surface area contributed by atoms with Crippen LogP contribution in [-0.2, 0) is 0 Å². The predicted molar refractivity (Wildman–Crippen MR) is 193 cm³/mol. The van der Waals surface area contributed by atoms with Gasteiger partial charge in [0.15, 0.2) is 0 Å². The molecule has 2 heterocycles. The smallest absolute Gasteiger partial charge is 0.136 e. The van der Waals surface area contributed by atoms with Crippen molar-refractivity contribution in [3.63, 3.8) is 0 Å². The van der Waals surface area contributed by atoms with Gasteiger partial charge in [-0.05, 0) is 99.1 Å². The van der Waals surface area contributed by atoms with Gasteiger partial charge >= 0.3 is 0 Å². The van der Waals surface area contributed by atoms with E-state index in [4.69, 9.17) is 4.42 Å². The van der Waals surface area contributed by atoms with Crippen molar-refractivity contribution in [3.05, 3.63) is 157 Å². The maximum absolute atomic E-state index is 10.2. The van der Waals surface area contributed by atoms with Gasteiger partial charge in [-0.1, -0.05) is 97.1 Å². The fourth-order valence-corrected chi connectivity index (χ4v) is 7.85. The van der Waals surface area contributed by atoms with Crippen LogP contribution in [0.2, 0.25) is 0 Å². The molecule has 0 aliphatic heterocycles. The van der Waals surface area contributed by atoms with Gasteiger partial charge in [-0.25, -0.2) is 0 Å². The fourth-order valence-electron chi connectivity index (χ4n) is 6.77. The maximum Gasteiger partial charge on any atom is 0.136 e. The van der Waals surface area contributed by atoms with E-state index in [1.54, 1.807) is 0 Å². The molecule has 9 rings (SSSR count). The van der Waals surface area contributed by atoms with Crippen molar-refractivity contribution < 1.29 is 4.42 Å². The second kappa shape index (κ2) is 10.6. The van der Waals surface area contributed by atoms with Crippen LogP contribution in [0.1, 0.15) is 5.56 Å². The Balaban J connectivity index is 1.33. The first-order valence-corrected chi connectivity index (χ1v) is 16.1. The van der Waals surface area contributed by atoms with Gasteiger partial charge in [0.25, 0.3) is 0 Å². The lowest BCUT2D eigenvalue weighted by Crippen LogP contribution is -1.93. The van der Waals surface area contributed by atoms with E-state index in [2.05, 4.69) is 109 Å². The van der Waals surface area contributed by atoms with Crippen molar-refractivity contribution in [1.82, 2.24) is 0 Å². The van der Waals surface area contributed by atoms with Gasteiger partial charge in [0.05, 0.1) is 11.6 Å². The van der Waals surface area contributed by atoms with Crippen LogP contribution in [0.25, 0.3) is 86.6 Å². The van der Waals surface area contributed by atoms with Crippen LogP contribution in [0.3, 0.4) is 0 Å². The summed E-state index contributed by atoms with van der Waals surface area (Å²) in [7, 11) is 0.